The lowest BCUT2D eigenvalue weighted by Crippen LogP contribution is -2.28. The number of nitrogens with one attached hydrogen (secondary N) is 2. The first kappa shape index (κ1) is 16.0. The van der Waals surface area contributed by atoms with Crippen molar-refractivity contribution < 1.29 is 9.72 Å². The highest BCUT2D eigenvalue weighted by atomic mass is 16.6. The fourth-order valence-corrected chi connectivity index (χ4v) is 2.75. The fraction of sp³-hybridized carbons (Fsp3) is 0.375. The first-order chi connectivity index (χ1) is 11.5. The van der Waals surface area contributed by atoms with Crippen molar-refractivity contribution in [2.24, 2.45) is 0 Å². The predicted molar refractivity (Wildman–Crippen MR) is 88.9 cm³/mol. The van der Waals surface area contributed by atoms with Gasteiger partial charge in [0.05, 0.1) is 22.8 Å². The Morgan fingerprint density at radius 1 is 1.42 bits per heavy atom. The molecule has 0 unspecified atom stereocenters. The minimum absolute atomic E-state index is 0.0577. The number of carbonyl (C=O) groups excluding carboxylic acids is 1. The molecule has 0 atom stereocenters. The van der Waals surface area contributed by atoms with Gasteiger partial charge in [-0.3, -0.25) is 10.1 Å². The topological polar surface area (TPSA) is 102 Å². The van der Waals surface area contributed by atoms with Crippen LogP contribution in [0.25, 0.3) is 0 Å². The molecule has 2 heterocycles. The third kappa shape index (κ3) is 3.53. The molecular formula is C16H19N5O3. The Bertz CT molecular complexity index is 761. The number of imidazole rings is 1. The highest BCUT2D eigenvalue weighted by Crippen LogP contribution is 2.21. The van der Waals surface area contributed by atoms with Gasteiger partial charge in [0, 0.05) is 31.3 Å². The van der Waals surface area contributed by atoms with E-state index in [2.05, 4.69) is 20.2 Å². The molecule has 1 aromatic heterocycles. The minimum Gasteiger partial charge on any atom is -0.335 e. The van der Waals surface area contributed by atoms with Crippen LogP contribution in [0.1, 0.15) is 29.9 Å². The van der Waals surface area contributed by atoms with Crippen LogP contribution in [0.5, 0.6) is 0 Å². The maximum atomic E-state index is 12.0. The zero-order valence-corrected chi connectivity index (χ0v) is 13.4. The molecule has 1 aliphatic rings. The average molecular weight is 329 g/mol. The second-order valence-electron chi connectivity index (χ2n) is 5.86. The van der Waals surface area contributed by atoms with Crippen molar-refractivity contribution in [2.75, 3.05) is 5.32 Å². The van der Waals surface area contributed by atoms with E-state index in [9.17, 15) is 14.9 Å². The van der Waals surface area contributed by atoms with Crippen LogP contribution in [-0.4, -0.2) is 20.5 Å². The molecule has 0 spiro atoms. The average Bonchev–Trinajstić information content (AvgIpc) is 2.97. The molecule has 126 valence electrons. The number of urea groups is 1. The van der Waals surface area contributed by atoms with Crippen LogP contribution in [0.4, 0.5) is 16.2 Å². The summed E-state index contributed by atoms with van der Waals surface area (Å²) in [5.41, 5.74) is 1.94. The number of benzene rings is 1. The van der Waals surface area contributed by atoms with Gasteiger partial charge >= 0.3 is 6.03 Å². The summed E-state index contributed by atoms with van der Waals surface area (Å²) in [6.07, 6.45) is 5.24. The normalized spacial score (nSPS) is 13.2. The van der Waals surface area contributed by atoms with E-state index in [-0.39, 0.29) is 5.69 Å². The van der Waals surface area contributed by atoms with Crippen molar-refractivity contribution >= 4 is 17.4 Å². The van der Waals surface area contributed by atoms with Gasteiger partial charge in [0.1, 0.15) is 5.82 Å². The number of nitro groups is 1. The maximum absolute atomic E-state index is 12.0. The minimum atomic E-state index is -0.488. The molecular weight excluding hydrogens is 310 g/mol. The summed E-state index contributed by atoms with van der Waals surface area (Å²) in [6, 6.07) is 3.96. The number of non-ortho nitro benzene ring substituents is 1. The van der Waals surface area contributed by atoms with Gasteiger partial charge in [-0.15, -0.1) is 0 Å². The number of aryl methyl sites for hydroxylation is 3. The smallest absolute Gasteiger partial charge is 0.319 e. The molecule has 0 bridgehead atoms. The molecule has 24 heavy (non-hydrogen) atoms. The number of rotatable bonds is 4. The second-order valence-corrected chi connectivity index (χ2v) is 5.86. The van der Waals surface area contributed by atoms with Crippen LogP contribution < -0.4 is 10.6 Å². The van der Waals surface area contributed by atoms with Gasteiger partial charge in [0.15, 0.2) is 0 Å². The lowest BCUT2D eigenvalue weighted by Gasteiger charge is -2.11. The van der Waals surface area contributed by atoms with Crippen molar-refractivity contribution in [3.05, 3.63) is 51.6 Å². The van der Waals surface area contributed by atoms with E-state index in [4.69, 9.17) is 0 Å². The molecule has 2 amide bonds. The Balaban J connectivity index is 1.60. The molecule has 1 aromatic carbocycles. The molecule has 3 rings (SSSR count). The number of nitro benzene ring substituents is 1. The van der Waals surface area contributed by atoms with Crippen molar-refractivity contribution in [3.63, 3.8) is 0 Å². The molecule has 8 nitrogen and oxygen atoms in total. The van der Waals surface area contributed by atoms with Crippen molar-refractivity contribution in [1.82, 2.24) is 14.9 Å². The Kier molecular flexibility index (Phi) is 4.45. The largest absolute Gasteiger partial charge is 0.335 e. The number of anilines is 1. The number of amides is 2. The van der Waals surface area contributed by atoms with Crippen LogP contribution in [0.15, 0.2) is 24.4 Å². The molecule has 0 saturated heterocycles. The number of hydrogen-bond acceptors (Lipinski definition) is 4. The molecule has 0 radical (unpaired) electrons. The Hall–Kier alpha value is -2.90. The van der Waals surface area contributed by atoms with E-state index in [1.165, 1.54) is 12.1 Å². The van der Waals surface area contributed by atoms with Crippen LogP contribution in [0, 0.1) is 17.0 Å². The number of hydrogen-bond donors (Lipinski definition) is 2. The van der Waals surface area contributed by atoms with E-state index in [1.807, 2.05) is 6.20 Å². The molecule has 0 aliphatic carbocycles. The van der Waals surface area contributed by atoms with Crippen LogP contribution >= 0.6 is 0 Å². The number of nitrogens with zero attached hydrogens (tertiary/aromatic N) is 3. The summed E-state index contributed by atoms with van der Waals surface area (Å²) < 4.78 is 2.13. The lowest BCUT2D eigenvalue weighted by molar-refractivity contribution is -0.384. The fourth-order valence-electron chi connectivity index (χ4n) is 2.75. The molecule has 0 saturated carbocycles. The van der Waals surface area contributed by atoms with Crippen molar-refractivity contribution in [3.8, 4) is 0 Å². The van der Waals surface area contributed by atoms with Crippen LogP contribution in [0.3, 0.4) is 0 Å². The van der Waals surface area contributed by atoms with E-state index in [0.717, 1.165) is 42.9 Å². The first-order valence-corrected chi connectivity index (χ1v) is 7.88. The molecule has 2 aromatic rings. The SMILES string of the molecule is Cc1ccc([N+](=O)[O-])cc1NC(=O)NCc1cn2c(n1)CCCC2. The summed E-state index contributed by atoms with van der Waals surface area (Å²) in [4.78, 5) is 26.9. The third-order valence-corrected chi connectivity index (χ3v) is 4.07. The van der Waals surface area contributed by atoms with Gasteiger partial charge in [-0.05, 0) is 25.3 Å². The summed E-state index contributed by atoms with van der Waals surface area (Å²) in [6.45, 7) is 3.07. The second kappa shape index (κ2) is 6.69. The quantitative estimate of drug-likeness (QED) is 0.665. The van der Waals surface area contributed by atoms with Gasteiger partial charge < -0.3 is 15.2 Å². The summed E-state index contributed by atoms with van der Waals surface area (Å²) >= 11 is 0. The van der Waals surface area contributed by atoms with Crippen LogP contribution in [-0.2, 0) is 19.5 Å². The van der Waals surface area contributed by atoms with Gasteiger partial charge in [-0.25, -0.2) is 9.78 Å². The number of carbonyl (C=O) groups is 1. The van der Waals surface area contributed by atoms with E-state index in [1.54, 1.807) is 13.0 Å². The van der Waals surface area contributed by atoms with E-state index < -0.39 is 11.0 Å². The summed E-state index contributed by atoms with van der Waals surface area (Å²) in [7, 11) is 0. The summed E-state index contributed by atoms with van der Waals surface area (Å²) in [5.74, 6) is 1.06. The van der Waals surface area contributed by atoms with Gasteiger partial charge in [-0.1, -0.05) is 6.07 Å². The Morgan fingerprint density at radius 3 is 3.00 bits per heavy atom. The molecule has 0 fully saturated rings. The summed E-state index contributed by atoms with van der Waals surface area (Å²) in [5, 5.41) is 16.2. The highest BCUT2D eigenvalue weighted by Gasteiger charge is 2.14. The highest BCUT2D eigenvalue weighted by molar-refractivity contribution is 5.90. The third-order valence-electron chi connectivity index (χ3n) is 4.07. The van der Waals surface area contributed by atoms with E-state index >= 15 is 0 Å². The van der Waals surface area contributed by atoms with Gasteiger partial charge in [-0.2, -0.15) is 0 Å². The van der Waals surface area contributed by atoms with E-state index in [0.29, 0.717) is 12.2 Å². The van der Waals surface area contributed by atoms with Crippen LogP contribution in [0.2, 0.25) is 0 Å². The predicted octanol–water partition coefficient (Wildman–Crippen LogP) is 2.76. The lowest BCUT2D eigenvalue weighted by atomic mass is 10.2. The Morgan fingerprint density at radius 2 is 2.25 bits per heavy atom. The standard InChI is InChI=1S/C16H19N5O3/c1-11-5-6-13(21(23)24)8-14(11)19-16(22)17-9-12-10-20-7-3-2-4-15(20)18-12/h5-6,8,10H,2-4,7,9H2,1H3,(H2,17,19,22). The number of fused-ring (bicyclic) bond motifs is 1. The first-order valence-electron chi connectivity index (χ1n) is 7.88. The van der Waals surface area contributed by atoms with Crippen molar-refractivity contribution in [1.29, 1.82) is 0 Å². The van der Waals surface area contributed by atoms with Gasteiger partial charge in [0.25, 0.3) is 5.69 Å². The number of aromatic nitrogens is 2. The molecule has 2 N–H and O–H groups in total. The maximum Gasteiger partial charge on any atom is 0.319 e. The monoisotopic (exact) mass is 329 g/mol. The molecule has 1 aliphatic heterocycles. The zero-order chi connectivity index (χ0) is 17.1. The van der Waals surface area contributed by atoms with Gasteiger partial charge in [0.2, 0.25) is 0 Å². The molecule has 8 heteroatoms. The van der Waals surface area contributed by atoms with Crippen molar-refractivity contribution in [2.45, 2.75) is 39.3 Å². The zero-order valence-electron chi connectivity index (χ0n) is 13.4. The Labute approximate surface area is 139 Å².